The smallest absolute Gasteiger partial charge is 0.223 e. The first kappa shape index (κ1) is 13.8. The molecule has 1 saturated heterocycles. The lowest BCUT2D eigenvalue weighted by Crippen LogP contribution is -2.36. The van der Waals surface area contributed by atoms with E-state index in [1.807, 2.05) is 60.7 Å². The summed E-state index contributed by atoms with van der Waals surface area (Å²) in [5, 5.41) is 10.7. The number of amides is 1. The molecule has 3 heteroatoms. The van der Waals surface area contributed by atoms with Crippen LogP contribution in [0.4, 0.5) is 0 Å². The molecule has 1 heterocycles. The standard InChI is InChI=1S/C18H19NO2/c1-19-16(20)12-15(13-8-4-2-5-9-13)17(19)18(21)14-10-6-3-7-11-14/h2-11,15,17-18,21H,12H2,1H3. The summed E-state index contributed by atoms with van der Waals surface area (Å²) in [5.74, 6) is 0.114. The number of carbonyl (C=O) groups is 1. The number of likely N-dealkylation sites (tertiary alicyclic amines) is 1. The molecular formula is C18H19NO2. The van der Waals surface area contributed by atoms with Crippen LogP contribution in [-0.2, 0) is 4.79 Å². The number of aliphatic hydroxyl groups excluding tert-OH is 1. The second-order valence-electron chi connectivity index (χ2n) is 5.57. The molecule has 0 aromatic heterocycles. The van der Waals surface area contributed by atoms with Crippen molar-refractivity contribution in [3.8, 4) is 0 Å². The predicted molar refractivity (Wildman–Crippen MR) is 81.8 cm³/mol. The SMILES string of the molecule is CN1C(=O)CC(c2ccccc2)C1C(O)c1ccccc1. The first-order valence-corrected chi connectivity index (χ1v) is 7.22. The van der Waals surface area contributed by atoms with Gasteiger partial charge in [-0.25, -0.2) is 0 Å². The van der Waals surface area contributed by atoms with Gasteiger partial charge in [0.2, 0.25) is 5.91 Å². The molecule has 3 nitrogen and oxygen atoms in total. The molecule has 0 aliphatic carbocycles. The van der Waals surface area contributed by atoms with E-state index < -0.39 is 6.10 Å². The number of aliphatic hydroxyl groups is 1. The lowest BCUT2D eigenvalue weighted by Gasteiger charge is -2.30. The Kier molecular flexibility index (Phi) is 3.76. The zero-order valence-corrected chi connectivity index (χ0v) is 12.0. The minimum Gasteiger partial charge on any atom is -0.386 e. The summed E-state index contributed by atoms with van der Waals surface area (Å²) in [6.07, 6.45) is -0.220. The summed E-state index contributed by atoms with van der Waals surface area (Å²) in [6, 6.07) is 19.3. The molecule has 2 aromatic rings. The van der Waals surface area contributed by atoms with Gasteiger partial charge in [-0.3, -0.25) is 4.79 Å². The molecule has 2 aromatic carbocycles. The molecule has 0 saturated carbocycles. The Morgan fingerprint density at radius 3 is 2.24 bits per heavy atom. The maximum absolute atomic E-state index is 12.1. The van der Waals surface area contributed by atoms with Crippen molar-refractivity contribution in [2.24, 2.45) is 0 Å². The van der Waals surface area contributed by atoms with Gasteiger partial charge in [-0.2, -0.15) is 0 Å². The average molecular weight is 281 g/mol. The highest BCUT2D eigenvalue weighted by atomic mass is 16.3. The molecule has 1 aliphatic rings. The van der Waals surface area contributed by atoms with Crippen LogP contribution < -0.4 is 0 Å². The predicted octanol–water partition coefficient (Wildman–Crippen LogP) is 2.73. The van der Waals surface area contributed by atoms with Crippen LogP contribution in [0.2, 0.25) is 0 Å². The van der Waals surface area contributed by atoms with E-state index in [1.54, 1.807) is 11.9 Å². The maximum atomic E-state index is 12.1. The molecule has 3 atom stereocenters. The van der Waals surface area contributed by atoms with E-state index in [1.165, 1.54) is 0 Å². The summed E-state index contributed by atoms with van der Waals surface area (Å²) >= 11 is 0. The third-order valence-corrected chi connectivity index (χ3v) is 4.34. The van der Waals surface area contributed by atoms with E-state index in [0.29, 0.717) is 6.42 Å². The van der Waals surface area contributed by atoms with Crippen LogP contribution in [0.5, 0.6) is 0 Å². The Bertz CT molecular complexity index is 612. The van der Waals surface area contributed by atoms with E-state index in [9.17, 15) is 9.90 Å². The fourth-order valence-corrected chi connectivity index (χ4v) is 3.18. The molecule has 21 heavy (non-hydrogen) atoms. The molecule has 1 N–H and O–H groups in total. The van der Waals surface area contributed by atoms with E-state index >= 15 is 0 Å². The fraction of sp³-hybridized carbons (Fsp3) is 0.278. The van der Waals surface area contributed by atoms with Crippen molar-refractivity contribution in [3.05, 3.63) is 71.8 Å². The van der Waals surface area contributed by atoms with Crippen molar-refractivity contribution in [1.82, 2.24) is 4.90 Å². The number of likely N-dealkylation sites (N-methyl/N-ethyl adjacent to an activating group) is 1. The summed E-state index contributed by atoms with van der Waals surface area (Å²) in [7, 11) is 1.78. The number of nitrogens with zero attached hydrogens (tertiary/aromatic N) is 1. The Morgan fingerprint density at radius 1 is 1.05 bits per heavy atom. The van der Waals surface area contributed by atoms with E-state index in [4.69, 9.17) is 0 Å². The van der Waals surface area contributed by atoms with Gasteiger partial charge in [0.25, 0.3) is 0 Å². The van der Waals surface area contributed by atoms with Crippen molar-refractivity contribution >= 4 is 5.91 Å². The minimum absolute atomic E-state index is 0.0268. The quantitative estimate of drug-likeness (QED) is 0.939. The van der Waals surface area contributed by atoms with Crippen molar-refractivity contribution in [2.75, 3.05) is 7.05 Å². The first-order chi connectivity index (χ1) is 10.2. The molecule has 108 valence electrons. The third-order valence-electron chi connectivity index (χ3n) is 4.34. The number of rotatable bonds is 3. The van der Waals surface area contributed by atoms with Crippen LogP contribution in [0.1, 0.15) is 29.6 Å². The van der Waals surface area contributed by atoms with Gasteiger partial charge in [0.1, 0.15) is 0 Å². The molecule has 0 radical (unpaired) electrons. The lowest BCUT2D eigenvalue weighted by atomic mass is 9.86. The van der Waals surface area contributed by atoms with Gasteiger partial charge in [-0.15, -0.1) is 0 Å². The highest BCUT2D eigenvalue weighted by molar-refractivity contribution is 5.80. The van der Waals surface area contributed by atoms with Crippen molar-refractivity contribution in [1.29, 1.82) is 0 Å². The minimum atomic E-state index is -0.673. The molecule has 0 spiro atoms. The molecule has 0 bridgehead atoms. The molecular weight excluding hydrogens is 262 g/mol. The molecule has 3 rings (SSSR count). The summed E-state index contributed by atoms with van der Waals surface area (Å²) in [4.78, 5) is 13.8. The van der Waals surface area contributed by atoms with Crippen molar-refractivity contribution in [2.45, 2.75) is 24.5 Å². The summed E-state index contributed by atoms with van der Waals surface area (Å²) in [6.45, 7) is 0. The number of hydrogen-bond acceptors (Lipinski definition) is 2. The molecule has 1 amide bonds. The second kappa shape index (κ2) is 5.70. The zero-order chi connectivity index (χ0) is 14.8. The number of hydrogen-bond donors (Lipinski definition) is 1. The van der Waals surface area contributed by atoms with E-state index in [0.717, 1.165) is 11.1 Å². The third kappa shape index (κ3) is 2.57. The van der Waals surface area contributed by atoms with Gasteiger partial charge in [0.05, 0.1) is 12.1 Å². The average Bonchev–Trinajstić information content (AvgIpc) is 2.84. The monoisotopic (exact) mass is 281 g/mol. The van der Waals surface area contributed by atoms with Crippen LogP contribution in [0.25, 0.3) is 0 Å². The van der Waals surface area contributed by atoms with Gasteiger partial charge >= 0.3 is 0 Å². The van der Waals surface area contributed by atoms with E-state index in [2.05, 4.69) is 0 Å². The second-order valence-corrected chi connectivity index (χ2v) is 5.57. The largest absolute Gasteiger partial charge is 0.386 e. The van der Waals surface area contributed by atoms with Crippen LogP contribution in [0.3, 0.4) is 0 Å². The topological polar surface area (TPSA) is 40.5 Å². The van der Waals surface area contributed by atoms with Gasteiger partial charge in [-0.1, -0.05) is 60.7 Å². The normalized spacial score (nSPS) is 23.3. The maximum Gasteiger partial charge on any atom is 0.223 e. The summed E-state index contributed by atoms with van der Waals surface area (Å²) in [5.41, 5.74) is 1.96. The van der Waals surface area contributed by atoms with Crippen molar-refractivity contribution < 1.29 is 9.90 Å². The zero-order valence-electron chi connectivity index (χ0n) is 12.0. The number of carbonyl (C=O) groups excluding carboxylic acids is 1. The highest BCUT2D eigenvalue weighted by Gasteiger charge is 2.42. The van der Waals surface area contributed by atoms with Crippen LogP contribution >= 0.6 is 0 Å². The van der Waals surface area contributed by atoms with Crippen LogP contribution in [0.15, 0.2) is 60.7 Å². The van der Waals surface area contributed by atoms with Crippen LogP contribution in [0, 0.1) is 0 Å². The Labute approximate surface area is 124 Å². The van der Waals surface area contributed by atoms with Gasteiger partial charge in [0.15, 0.2) is 0 Å². The van der Waals surface area contributed by atoms with E-state index in [-0.39, 0.29) is 17.9 Å². The Hall–Kier alpha value is -2.13. The molecule has 1 fully saturated rings. The number of benzene rings is 2. The first-order valence-electron chi connectivity index (χ1n) is 7.22. The van der Waals surface area contributed by atoms with Crippen molar-refractivity contribution in [3.63, 3.8) is 0 Å². The molecule has 1 aliphatic heterocycles. The fourth-order valence-electron chi connectivity index (χ4n) is 3.18. The lowest BCUT2D eigenvalue weighted by molar-refractivity contribution is -0.128. The van der Waals surface area contributed by atoms with Gasteiger partial charge in [-0.05, 0) is 11.1 Å². The Balaban J connectivity index is 1.95. The molecule has 3 unspecified atom stereocenters. The van der Waals surface area contributed by atoms with Crippen LogP contribution in [-0.4, -0.2) is 29.0 Å². The highest BCUT2D eigenvalue weighted by Crippen LogP contribution is 2.39. The van der Waals surface area contributed by atoms with Gasteiger partial charge in [0, 0.05) is 19.4 Å². The summed E-state index contributed by atoms with van der Waals surface area (Å²) < 4.78 is 0. The van der Waals surface area contributed by atoms with Gasteiger partial charge < -0.3 is 10.0 Å². The Morgan fingerprint density at radius 2 is 1.62 bits per heavy atom.